The summed E-state index contributed by atoms with van der Waals surface area (Å²) in [6, 6.07) is 11.7. The van der Waals surface area contributed by atoms with E-state index in [4.69, 9.17) is 11.6 Å². The van der Waals surface area contributed by atoms with Crippen LogP contribution in [0.3, 0.4) is 0 Å². The van der Waals surface area contributed by atoms with Crippen LogP contribution < -0.4 is 15.4 Å². The van der Waals surface area contributed by atoms with Gasteiger partial charge in [-0.05, 0) is 42.5 Å². The zero-order valence-electron chi connectivity index (χ0n) is 14.1. The second kappa shape index (κ2) is 8.49. The number of halogens is 4. The van der Waals surface area contributed by atoms with Crippen LogP contribution in [0, 0.1) is 0 Å². The van der Waals surface area contributed by atoms with E-state index < -0.39 is 12.3 Å². The average Bonchev–Trinajstić information content (AvgIpc) is 3.06. The number of hydrogen-bond donors (Lipinski definition) is 2. The molecule has 2 aromatic carbocycles. The van der Waals surface area contributed by atoms with Crippen LogP contribution in [-0.2, 0) is 6.54 Å². The Morgan fingerprint density at radius 2 is 1.89 bits per heavy atom. The van der Waals surface area contributed by atoms with Gasteiger partial charge in [-0.1, -0.05) is 17.7 Å². The molecular formula is C18H13ClF3N3O2S. The minimum absolute atomic E-state index is 0.345. The minimum Gasteiger partial charge on any atom is -0.406 e. The summed E-state index contributed by atoms with van der Waals surface area (Å²) in [6.07, 6.45) is -3.09. The van der Waals surface area contributed by atoms with Gasteiger partial charge in [0, 0.05) is 28.0 Å². The normalized spacial score (nSPS) is 11.1. The molecule has 1 heterocycles. The minimum atomic E-state index is -4.76. The maximum atomic E-state index is 12.4. The maximum absolute atomic E-state index is 12.4. The van der Waals surface area contributed by atoms with Crippen LogP contribution in [0.5, 0.6) is 5.75 Å². The van der Waals surface area contributed by atoms with Crippen LogP contribution in [0.15, 0.2) is 54.7 Å². The van der Waals surface area contributed by atoms with Gasteiger partial charge in [0.1, 0.15) is 5.75 Å². The number of nitrogens with zero attached hydrogens (tertiary/aromatic N) is 1. The number of rotatable bonds is 6. The average molecular weight is 428 g/mol. The number of thiazole rings is 1. The molecule has 0 fully saturated rings. The Kier molecular flexibility index (Phi) is 6.05. The van der Waals surface area contributed by atoms with Crippen molar-refractivity contribution in [2.45, 2.75) is 12.9 Å². The lowest BCUT2D eigenvalue weighted by atomic mass is 10.1. The van der Waals surface area contributed by atoms with Gasteiger partial charge in [0.2, 0.25) is 0 Å². The standard InChI is InChI=1S/C18H13ClF3N3O2S/c19-17-24-10-15(28-17)9-23-13-3-1-2-11(8-13)16(26)25-12-4-6-14(7-5-12)27-18(20,21)22/h1-8,10,23H,9H2,(H,25,26). The Labute approximate surface area is 167 Å². The second-order valence-corrected chi connectivity index (χ2v) is 7.24. The molecule has 3 aromatic rings. The SMILES string of the molecule is O=C(Nc1ccc(OC(F)(F)F)cc1)c1cccc(NCc2cnc(Cl)s2)c1. The highest BCUT2D eigenvalue weighted by Crippen LogP contribution is 2.24. The number of aromatic nitrogens is 1. The van der Waals surface area contributed by atoms with Crippen molar-refractivity contribution in [3.8, 4) is 5.75 Å². The van der Waals surface area contributed by atoms with E-state index in [2.05, 4.69) is 20.4 Å². The number of carbonyl (C=O) groups excluding carboxylic acids is 1. The molecule has 0 atom stereocenters. The summed E-state index contributed by atoms with van der Waals surface area (Å²) in [5.41, 5.74) is 1.46. The first-order chi connectivity index (χ1) is 13.3. The van der Waals surface area contributed by atoms with E-state index in [1.807, 2.05) is 6.07 Å². The van der Waals surface area contributed by atoms with Crippen LogP contribution in [0.4, 0.5) is 24.5 Å². The lowest BCUT2D eigenvalue weighted by molar-refractivity contribution is -0.274. The molecule has 0 aliphatic carbocycles. The van der Waals surface area contributed by atoms with Gasteiger partial charge >= 0.3 is 6.36 Å². The molecule has 1 aromatic heterocycles. The van der Waals surface area contributed by atoms with E-state index in [1.165, 1.54) is 23.5 Å². The van der Waals surface area contributed by atoms with E-state index in [9.17, 15) is 18.0 Å². The van der Waals surface area contributed by atoms with E-state index in [0.717, 1.165) is 22.7 Å². The second-order valence-electron chi connectivity index (χ2n) is 5.54. The zero-order valence-corrected chi connectivity index (χ0v) is 15.7. The molecule has 5 nitrogen and oxygen atoms in total. The molecule has 10 heteroatoms. The van der Waals surface area contributed by atoms with Crippen molar-refractivity contribution >= 4 is 40.2 Å². The van der Waals surface area contributed by atoms with E-state index >= 15 is 0 Å². The highest BCUT2D eigenvalue weighted by molar-refractivity contribution is 7.15. The van der Waals surface area contributed by atoms with Crippen molar-refractivity contribution in [3.63, 3.8) is 0 Å². The fraction of sp³-hybridized carbons (Fsp3) is 0.111. The van der Waals surface area contributed by atoms with Crippen molar-refractivity contribution < 1.29 is 22.7 Å². The largest absolute Gasteiger partial charge is 0.573 e. The molecule has 0 saturated heterocycles. The molecule has 0 bridgehead atoms. The topological polar surface area (TPSA) is 63.2 Å². The lowest BCUT2D eigenvalue weighted by Crippen LogP contribution is -2.17. The highest BCUT2D eigenvalue weighted by Gasteiger charge is 2.30. The molecular weight excluding hydrogens is 415 g/mol. The van der Waals surface area contributed by atoms with E-state index in [1.54, 1.807) is 24.4 Å². The van der Waals surface area contributed by atoms with Gasteiger partial charge in [-0.3, -0.25) is 4.79 Å². The fourth-order valence-corrected chi connectivity index (χ4v) is 3.19. The number of benzene rings is 2. The molecule has 3 rings (SSSR count). The Morgan fingerprint density at radius 3 is 2.54 bits per heavy atom. The molecule has 146 valence electrons. The zero-order chi connectivity index (χ0) is 20.1. The van der Waals surface area contributed by atoms with E-state index in [-0.39, 0.29) is 5.75 Å². The third-order valence-corrected chi connectivity index (χ3v) is 4.58. The van der Waals surface area contributed by atoms with Crippen molar-refractivity contribution in [2.24, 2.45) is 0 Å². The number of nitrogens with one attached hydrogen (secondary N) is 2. The Bertz CT molecular complexity index is 961. The van der Waals surface area contributed by atoms with Crippen LogP contribution in [0.1, 0.15) is 15.2 Å². The summed E-state index contributed by atoms with van der Waals surface area (Å²) < 4.78 is 40.8. The van der Waals surface area contributed by atoms with Crippen LogP contribution in [0.25, 0.3) is 0 Å². The van der Waals surface area contributed by atoms with Crippen LogP contribution in [0.2, 0.25) is 4.47 Å². The van der Waals surface area contributed by atoms with Crippen LogP contribution >= 0.6 is 22.9 Å². The lowest BCUT2D eigenvalue weighted by Gasteiger charge is -2.10. The summed E-state index contributed by atoms with van der Waals surface area (Å²) in [5, 5.41) is 5.79. The summed E-state index contributed by atoms with van der Waals surface area (Å²) >= 11 is 7.15. The van der Waals surface area contributed by atoms with Crippen molar-refractivity contribution in [3.05, 3.63) is 69.6 Å². The number of anilines is 2. The molecule has 2 N–H and O–H groups in total. The van der Waals surface area contributed by atoms with Crippen molar-refractivity contribution in [1.82, 2.24) is 4.98 Å². The summed E-state index contributed by atoms with van der Waals surface area (Å²) in [6.45, 7) is 0.510. The van der Waals surface area contributed by atoms with Crippen LogP contribution in [-0.4, -0.2) is 17.3 Å². The van der Waals surface area contributed by atoms with E-state index in [0.29, 0.717) is 22.3 Å². The monoisotopic (exact) mass is 427 g/mol. The quantitative estimate of drug-likeness (QED) is 0.540. The Hall–Kier alpha value is -2.78. The van der Waals surface area contributed by atoms with Crippen molar-refractivity contribution in [1.29, 1.82) is 0 Å². The first-order valence-electron chi connectivity index (χ1n) is 7.90. The van der Waals surface area contributed by atoms with Gasteiger partial charge in [0.05, 0.1) is 6.54 Å². The van der Waals surface area contributed by atoms with Gasteiger partial charge < -0.3 is 15.4 Å². The summed E-state index contributed by atoms with van der Waals surface area (Å²) in [5.74, 6) is -0.756. The van der Waals surface area contributed by atoms with Gasteiger partial charge in [-0.2, -0.15) is 0 Å². The predicted molar refractivity (Wildman–Crippen MR) is 102 cm³/mol. The highest BCUT2D eigenvalue weighted by atomic mass is 35.5. The number of alkyl halides is 3. The number of hydrogen-bond acceptors (Lipinski definition) is 5. The number of amides is 1. The molecule has 0 spiro atoms. The van der Waals surface area contributed by atoms with Gasteiger partial charge in [-0.15, -0.1) is 24.5 Å². The maximum Gasteiger partial charge on any atom is 0.573 e. The predicted octanol–water partition coefficient (Wildman–Crippen LogP) is 5.56. The Balaban J connectivity index is 1.61. The third kappa shape index (κ3) is 5.86. The molecule has 0 radical (unpaired) electrons. The first kappa shape index (κ1) is 20.0. The molecule has 0 unspecified atom stereocenters. The number of carbonyl (C=O) groups is 1. The van der Waals surface area contributed by atoms with Gasteiger partial charge in [0.15, 0.2) is 4.47 Å². The third-order valence-electron chi connectivity index (χ3n) is 3.46. The molecule has 28 heavy (non-hydrogen) atoms. The smallest absolute Gasteiger partial charge is 0.406 e. The Morgan fingerprint density at radius 1 is 1.14 bits per heavy atom. The molecule has 0 aliphatic rings. The molecule has 0 saturated carbocycles. The number of ether oxygens (including phenoxy) is 1. The van der Waals surface area contributed by atoms with Gasteiger partial charge in [0.25, 0.3) is 5.91 Å². The molecule has 1 amide bonds. The first-order valence-corrected chi connectivity index (χ1v) is 9.09. The summed E-state index contributed by atoms with van der Waals surface area (Å²) in [4.78, 5) is 17.3. The van der Waals surface area contributed by atoms with Crippen molar-refractivity contribution in [2.75, 3.05) is 10.6 Å². The summed E-state index contributed by atoms with van der Waals surface area (Å²) in [7, 11) is 0. The van der Waals surface area contributed by atoms with Gasteiger partial charge in [-0.25, -0.2) is 4.98 Å². The molecule has 0 aliphatic heterocycles. The fourth-order valence-electron chi connectivity index (χ4n) is 2.27.